The normalized spacial score (nSPS) is 30.8. The van der Waals surface area contributed by atoms with Crippen molar-refractivity contribution in [2.24, 2.45) is 0 Å². The summed E-state index contributed by atoms with van der Waals surface area (Å²) in [5.41, 5.74) is 2.50. The van der Waals surface area contributed by atoms with E-state index in [4.69, 9.17) is 0 Å². The van der Waals surface area contributed by atoms with Crippen LogP contribution in [0, 0.1) is 6.92 Å². The van der Waals surface area contributed by atoms with Gasteiger partial charge in [-0.3, -0.25) is 4.90 Å². The Morgan fingerprint density at radius 1 is 1.14 bits per heavy atom. The van der Waals surface area contributed by atoms with Gasteiger partial charge in [0.15, 0.2) is 6.10 Å². The maximum atomic E-state index is 12.4. The monoisotopic (exact) mass is 299 g/mol. The number of fused-ring (bicyclic) bond motifs is 2. The highest BCUT2D eigenvalue weighted by molar-refractivity contribution is 5.26. The summed E-state index contributed by atoms with van der Waals surface area (Å²) in [4.78, 5) is 1.84. The molecule has 0 aromatic heterocycles. The van der Waals surface area contributed by atoms with Crippen molar-refractivity contribution in [1.82, 2.24) is 4.90 Å². The van der Waals surface area contributed by atoms with Gasteiger partial charge in [-0.15, -0.1) is 0 Å². The second-order valence-electron chi connectivity index (χ2n) is 6.38. The second kappa shape index (κ2) is 5.29. The molecule has 21 heavy (non-hydrogen) atoms. The quantitative estimate of drug-likeness (QED) is 0.926. The number of benzene rings is 1. The molecule has 0 spiro atoms. The summed E-state index contributed by atoms with van der Waals surface area (Å²) >= 11 is 0. The first-order valence-corrected chi connectivity index (χ1v) is 7.41. The molecule has 4 rings (SSSR count). The third kappa shape index (κ3) is 2.94. The molecule has 2 heterocycles. The van der Waals surface area contributed by atoms with E-state index in [9.17, 15) is 18.3 Å². The third-order valence-electron chi connectivity index (χ3n) is 4.91. The fourth-order valence-corrected chi connectivity index (χ4v) is 3.67. The lowest BCUT2D eigenvalue weighted by Gasteiger charge is -2.56. The van der Waals surface area contributed by atoms with Crippen LogP contribution in [0.25, 0.3) is 0 Å². The van der Waals surface area contributed by atoms with Crippen LogP contribution in [0.15, 0.2) is 24.3 Å². The summed E-state index contributed by atoms with van der Waals surface area (Å²) in [6, 6.07) is 8.79. The standard InChI is InChI=1S/C16H20F3NO/c1-10-2-4-11(5-3-10)12-6-13-8-14(7-12)20(13)9-15(21)16(17,18)19/h2-5,12-15,21H,6-9H2,1H3/t12-,13+,14?,15?/m0/s1. The van der Waals surface area contributed by atoms with Crippen LogP contribution < -0.4 is 0 Å². The van der Waals surface area contributed by atoms with E-state index in [1.807, 2.05) is 11.8 Å². The van der Waals surface area contributed by atoms with Gasteiger partial charge in [0.05, 0.1) is 0 Å². The molecule has 1 aromatic carbocycles. The summed E-state index contributed by atoms with van der Waals surface area (Å²) in [6.45, 7) is 1.77. The van der Waals surface area contributed by atoms with Crippen molar-refractivity contribution in [1.29, 1.82) is 0 Å². The van der Waals surface area contributed by atoms with E-state index < -0.39 is 12.3 Å². The number of rotatable bonds is 3. The molecular formula is C16H20F3NO. The number of hydrogen-bond acceptors (Lipinski definition) is 2. The molecule has 5 heteroatoms. The van der Waals surface area contributed by atoms with Crippen molar-refractivity contribution in [3.05, 3.63) is 35.4 Å². The van der Waals surface area contributed by atoms with Crippen LogP contribution in [0.1, 0.15) is 36.3 Å². The number of alkyl halides is 3. The molecule has 1 aromatic rings. The Bertz CT molecular complexity index is 487. The predicted molar refractivity (Wildman–Crippen MR) is 74.1 cm³/mol. The first-order chi connectivity index (χ1) is 9.84. The van der Waals surface area contributed by atoms with Crippen molar-refractivity contribution in [3.63, 3.8) is 0 Å². The van der Waals surface area contributed by atoms with Gasteiger partial charge in [0.2, 0.25) is 0 Å². The molecule has 116 valence electrons. The van der Waals surface area contributed by atoms with Crippen LogP contribution in [0.4, 0.5) is 13.2 Å². The summed E-state index contributed by atoms with van der Waals surface area (Å²) in [5.74, 6) is 0.439. The number of nitrogens with zero attached hydrogens (tertiary/aromatic N) is 1. The predicted octanol–water partition coefficient (Wildman–Crippen LogP) is 3.24. The highest BCUT2D eigenvalue weighted by Gasteiger charge is 2.49. The zero-order valence-electron chi connectivity index (χ0n) is 12.0. The highest BCUT2D eigenvalue weighted by Crippen LogP contribution is 2.45. The van der Waals surface area contributed by atoms with Crippen LogP contribution in [-0.2, 0) is 0 Å². The van der Waals surface area contributed by atoms with Gasteiger partial charge in [0, 0.05) is 18.6 Å². The summed E-state index contributed by atoms with van der Waals surface area (Å²) < 4.78 is 37.3. The molecule has 2 aliphatic heterocycles. The molecular weight excluding hydrogens is 279 g/mol. The molecule has 1 aliphatic carbocycles. The van der Waals surface area contributed by atoms with Gasteiger partial charge in [-0.1, -0.05) is 29.8 Å². The van der Waals surface area contributed by atoms with Gasteiger partial charge in [-0.05, 0) is 37.7 Å². The van der Waals surface area contributed by atoms with Crippen LogP contribution in [0.5, 0.6) is 0 Å². The Labute approximate surface area is 122 Å². The fraction of sp³-hybridized carbons (Fsp3) is 0.625. The number of halogens is 3. The maximum absolute atomic E-state index is 12.4. The molecule has 2 unspecified atom stereocenters. The Kier molecular flexibility index (Phi) is 3.74. The molecule has 0 radical (unpaired) electrons. The molecule has 4 atom stereocenters. The van der Waals surface area contributed by atoms with Gasteiger partial charge >= 0.3 is 6.18 Å². The van der Waals surface area contributed by atoms with E-state index in [0.29, 0.717) is 5.92 Å². The van der Waals surface area contributed by atoms with Crippen molar-refractivity contribution in [3.8, 4) is 0 Å². The number of aliphatic hydroxyl groups excluding tert-OH is 1. The Balaban J connectivity index is 1.61. The summed E-state index contributed by atoms with van der Waals surface area (Å²) in [7, 11) is 0. The lowest BCUT2D eigenvalue weighted by atomic mass is 9.71. The van der Waals surface area contributed by atoms with Crippen LogP contribution in [0.2, 0.25) is 0 Å². The van der Waals surface area contributed by atoms with E-state index in [1.54, 1.807) is 0 Å². The van der Waals surface area contributed by atoms with Crippen molar-refractivity contribution < 1.29 is 18.3 Å². The zero-order chi connectivity index (χ0) is 15.2. The molecule has 1 N–H and O–H groups in total. The smallest absolute Gasteiger partial charge is 0.382 e. The molecule has 3 fully saturated rings. The number of piperidine rings is 1. The summed E-state index contributed by atoms with van der Waals surface area (Å²) in [6.07, 6.45) is -3.99. The summed E-state index contributed by atoms with van der Waals surface area (Å²) in [5, 5.41) is 9.22. The van der Waals surface area contributed by atoms with Crippen LogP contribution in [-0.4, -0.2) is 40.9 Å². The molecule has 3 aliphatic rings. The Morgan fingerprint density at radius 2 is 1.71 bits per heavy atom. The van der Waals surface area contributed by atoms with E-state index in [2.05, 4.69) is 24.3 Å². The lowest BCUT2D eigenvalue weighted by molar-refractivity contribution is -0.218. The first-order valence-electron chi connectivity index (χ1n) is 7.41. The van der Waals surface area contributed by atoms with Crippen LogP contribution >= 0.6 is 0 Å². The number of hydrogen-bond donors (Lipinski definition) is 1. The number of aryl methyl sites for hydroxylation is 1. The molecule has 2 nitrogen and oxygen atoms in total. The number of aliphatic hydroxyl groups is 1. The maximum Gasteiger partial charge on any atom is 0.415 e. The minimum absolute atomic E-state index is 0.187. The minimum Gasteiger partial charge on any atom is -0.382 e. The molecule has 2 bridgehead atoms. The van der Waals surface area contributed by atoms with Gasteiger partial charge < -0.3 is 5.11 Å². The SMILES string of the molecule is Cc1ccc([C@@H]2CC3C[C@@H](C2)N3CC(O)C(F)(F)F)cc1. The van der Waals surface area contributed by atoms with Crippen molar-refractivity contribution in [2.75, 3.05) is 6.54 Å². The van der Waals surface area contributed by atoms with E-state index >= 15 is 0 Å². The van der Waals surface area contributed by atoms with Gasteiger partial charge in [-0.2, -0.15) is 13.2 Å². The average Bonchev–Trinajstić information content (AvgIpc) is 2.44. The first kappa shape index (κ1) is 14.9. The van der Waals surface area contributed by atoms with Gasteiger partial charge in [-0.25, -0.2) is 0 Å². The molecule has 1 saturated carbocycles. The van der Waals surface area contributed by atoms with Gasteiger partial charge in [0.25, 0.3) is 0 Å². The highest BCUT2D eigenvalue weighted by atomic mass is 19.4. The second-order valence-corrected chi connectivity index (χ2v) is 6.38. The Morgan fingerprint density at radius 3 is 2.24 bits per heavy atom. The van der Waals surface area contributed by atoms with E-state index in [1.165, 1.54) is 11.1 Å². The molecule has 0 amide bonds. The van der Waals surface area contributed by atoms with Crippen LogP contribution in [0.3, 0.4) is 0 Å². The van der Waals surface area contributed by atoms with Gasteiger partial charge in [0.1, 0.15) is 0 Å². The fourth-order valence-electron chi connectivity index (χ4n) is 3.67. The van der Waals surface area contributed by atoms with Crippen molar-refractivity contribution >= 4 is 0 Å². The van der Waals surface area contributed by atoms with E-state index in [0.717, 1.165) is 19.3 Å². The molecule has 2 saturated heterocycles. The minimum atomic E-state index is -4.51. The van der Waals surface area contributed by atoms with Crippen molar-refractivity contribution in [2.45, 2.75) is 56.5 Å². The third-order valence-corrected chi connectivity index (χ3v) is 4.91. The Hall–Kier alpha value is -1.07. The zero-order valence-corrected chi connectivity index (χ0v) is 12.0. The lowest BCUT2D eigenvalue weighted by Crippen LogP contribution is -2.63. The average molecular weight is 299 g/mol. The topological polar surface area (TPSA) is 23.5 Å². The van der Waals surface area contributed by atoms with E-state index in [-0.39, 0.29) is 18.6 Å². The largest absolute Gasteiger partial charge is 0.415 e.